The molecule has 2 aromatic rings. The summed E-state index contributed by atoms with van der Waals surface area (Å²) in [7, 11) is 0. The fourth-order valence-electron chi connectivity index (χ4n) is 1.95. The van der Waals surface area contributed by atoms with Gasteiger partial charge in [-0.15, -0.1) is 0 Å². The lowest BCUT2D eigenvalue weighted by Gasteiger charge is -2.11. The highest BCUT2D eigenvalue weighted by atomic mass is 19.4. The van der Waals surface area contributed by atoms with Gasteiger partial charge in [-0.1, -0.05) is 6.07 Å². The molecular weight excluding hydrogens is 323 g/mol. The number of carbonyl (C=O) groups excluding carboxylic acids is 1. The summed E-state index contributed by atoms with van der Waals surface area (Å²) in [6.45, 7) is 2.23. The van der Waals surface area contributed by atoms with E-state index >= 15 is 0 Å². The monoisotopic (exact) mass is 339 g/mol. The van der Waals surface area contributed by atoms with Gasteiger partial charge in [0.15, 0.2) is 6.61 Å². The number of hydrogen-bond donors (Lipinski definition) is 1. The molecule has 0 aromatic carbocycles. The molecule has 0 bridgehead atoms. The van der Waals surface area contributed by atoms with Crippen molar-refractivity contribution in [2.45, 2.75) is 26.6 Å². The Morgan fingerprint density at radius 1 is 1.25 bits per heavy atom. The second kappa shape index (κ2) is 7.29. The van der Waals surface area contributed by atoms with Crippen LogP contribution >= 0.6 is 0 Å². The number of pyridine rings is 2. The Labute approximate surface area is 136 Å². The molecule has 0 fully saturated rings. The Hall–Kier alpha value is -2.64. The lowest BCUT2D eigenvalue weighted by molar-refractivity contribution is -0.154. The van der Waals surface area contributed by atoms with E-state index in [0.717, 1.165) is 5.69 Å². The van der Waals surface area contributed by atoms with Crippen LogP contribution in [0.4, 0.5) is 13.2 Å². The summed E-state index contributed by atoms with van der Waals surface area (Å²) in [5.41, 5.74) is 2.39. The van der Waals surface area contributed by atoms with E-state index in [1.165, 1.54) is 6.07 Å². The molecule has 5 nitrogen and oxygen atoms in total. The van der Waals surface area contributed by atoms with Crippen LogP contribution in [0.2, 0.25) is 0 Å². The van der Waals surface area contributed by atoms with Crippen molar-refractivity contribution in [3.8, 4) is 5.88 Å². The Balaban J connectivity index is 1.96. The Morgan fingerprint density at radius 3 is 2.62 bits per heavy atom. The number of aromatic nitrogens is 2. The molecule has 0 aliphatic rings. The summed E-state index contributed by atoms with van der Waals surface area (Å²) in [5.74, 6) is -0.373. The highest BCUT2D eigenvalue weighted by Crippen LogP contribution is 2.18. The van der Waals surface area contributed by atoms with Gasteiger partial charge in [0.2, 0.25) is 5.88 Å². The van der Waals surface area contributed by atoms with Crippen LogP contribution in [-0.2, 0) is 6.54 Å². The number of nitrogens with one attached hydrogen (secondary N) is 1. The maximum Gasteiger partial charge on any atom is 0.422 e. The summed E-state index contributed by atoms with van der Waals surface area (Å²) in [4.78, 5) is 20.0. The first-order valence-corrected chi connectivity index (χ1v) is 7.11. The molecule has 0 unspecified atom stereocenters. The van der Waals surface area contributed by atoms with E-state index in [2.05, 4.69) is 20.0 Å². The maximum absolute atomic E-state index is 12.1. The lowest BCUT2D eigenvalue weighted by Crippen LogP contribution is -2.23. The second-order valence-corrected chi connectivity index (χ2v) is 5.17. The maximum atomic E-state index is 12.1. The molecule has 0 aliphatic heterocycles. The van der Waals surface area contributed by atoms with Crippen LogP contribution in [-0.4, -0.2) is 28.7 Å². The van der Waals surface area contributed by atoms with Crippen molar-refractivity contribution in [3.05, 3.63) is 53.0 Å². The van der Waals surface area contributed by atoms with E-state index in [0.29, 0.717) is 16.8 Å². The number of nitrogens with zero attached hydrogens (tertiary/aromatic N) is 2. The fourth-order valence-corrected chi connectivity index (χ4v) is 1.95. The van der Waals surface area contributed by atoms with Crippen molar-refractivity contribution in [3.63, 3.8) is 0 Å². The van der Waals surface area contributed by atoms with E-state index in [9.17, 15) is 18.0 Å². The van der Waals surface area contributed by atoms with Crippen molar-refractivity contribution < 1.29 is 22.7 Å². The van der Waals surface area contributed by atoms with Crippen LogP contribution in [0.15, 0.2) is 30.5 Å². The first-order chi connectivity index (χ1) is 11.2. The zero-order chi connectivity index (χ0) is 17.7. The van der Waals surface area contributed by atoms with Gasteiger partial charge >= 0.3 is 6.18 Å². The SMILES string of the molecule is Cc1cc(C(=O)NCc2ccc(OCC(F)(F)F)nc2C)ccn1. The number of ether oxygens (including phenoxy) is 1. The lowest BCUT2D eigenvalue weighted by atomic mass is 10.2. The molecule has 1 amide bonds. The Kier molecular flexibility index (Phi) is 5.38. The van der Waals surface area contributed by atoms with Gasteiger partial charge in [0.05, 0.1) is 0 Å². The molecule has 0 spiro atoms. The van der Waals surface area contributed by atoms with Gasteiger partial charge < -0.3 is 10.1 Å². The van der Waals surface area contributed by atoms with Gasteiger partial charge in [-0.25, -0.2) is 4.98 Å². The van der Waals surface area contributed by atoms with Gasteiger partial charge in [-0.2, -0.15) is 13.2 Å². The Bertz CT molecular complexity index is 733. The van der Waals surface area contributed by atoms with Crippen molar-refractivity contribution in [2.75, 3.05) is 6.61 Å². The summed E-state index contributed by atoms with van der Waals surface area (Å²) < 4.78 is 40.9. The number of hydrogen-bond acceptors (Lipinski definition) is 4. The molecule has 8 heteroatoms. The van der Waals surface area contributed by atoms with Gasteiger partial charge in [0, 0.05) is 35.8 Å². The number of halogens is 3. The molecule has 0 radical (unpaired) electrons. The minimum Gasteiger partial charge on any atom is -0.468 e. The molecule has 0 aliphatic carbocycles. The van der Waals surface area contributed by atoms with Crippen molar-refractivity contribution in [2.24, 2.45) is 0 Å². The summed E-state index contributed by atoms with van der Waals surface area (Å²) >= 11 is 0. The average molecular weight is 339 g/mol. The van der Waals surface area contributed by atoms with Crippen molar-refractivity contribution >= 4 is 5.91 Å². The first kappa shape index (κ1) is 17.7. The molecule has 2 rings (SSSR count). The van der Waals surface area contributed by atoms with E-state index < -0.39 is 12.8 Å². The van der Waals surface area contributed by atoms with Gasteiger partial charge in [0.1, 0.15) is 0 Å². The molecular formula is C16H16F3N3O2. The number of amides is 1. The zero-order valence-electron chi connectivity index (χ0n) is 13.1. The van der Waals surface area contributed by atoms with E-state index in [4.69, 9.17) is 0 Å². The van der Waals surface area contributed by atoms with Crippen LogP contribution in [0.3, 0.4) is 0 Å². The standard InChI is InChI=1S/C16H16F3N3O2/c1-10-7-12(5-6-20-10)15(23)21-8-13-3-4-14(22-11(13)2)24-9-16(17,18)19/h3-7H,8-9H2,1-2H3,(H,21,23). The van der Waals surface area contributed by atoms with E-state index in [1.807, 2.05) is 0 Å². The fraction of sp³-hybridized carbons (Fsp3) is 0.312. The summed E-state index contributed by atoms with van der Waals surface area (Å²) in [6.07, 6.45) is -2.87. The van der Waals surface area contributed by atoms with Crippen LogP contribution in [0.25, 0.3) is 0 Å². The normalized spacial score (nSPS) is 11.2. The van der Waals surface area contributed by atoms with Crippen molar-refractivity contribution in [1.82, 2.24) is 15.3 Å². The van der Waals surface area contributed by atoms with Crippen LogP contribution < -0.4 is 10.1 Å². The third-order valence-electron chi connectivity index (χ3n) is 3.15. The third kappa shape index (κ3) is 5.22. The number of carbonyl (C=O) groups is 1. The molecule has 2 aromatic heterocycles. The predicted octanol–water partition coefficient (Wildman–Crippen LogP) is 2.96. The van der Waals surface area contributed by atoms with Crippen molar-refractivity contribution in [1.29, 1.82) is 0 Å². The van der Waals surface area contributed by atoms with E-state index in [1.54, 1.807) is 38.2 Å². The predicted molar refractivity (Wildman–Crippen MR) is 80.7 cm³/mol. The second-order valence-electron chi connectivity index (χ2n) is 5.17. The minimum atomic E-state index is -4.41. The summed E-state index contributed by atoms with van der Waals surface area (Å²) in [6, 6.07) is 6.18. The minimum absolute atomic E-state index is 0.107. The number of rotatable bonds is 5. The van der Waals surface area contributed by atoms with Gasteiger partial charge in [-0.3, -0.25) is 9.78 Å². The topological polar surface area (TPSA) is 64.1 Å². The largest absolute Gasteiger partial charge is 0.468 e. The summed E-state index contributed by atoms with van der Waals surface area (Å²) in [5, 5.41) is 2.73. The highest BCUT2D eigenvalue weighted by Gasteiger charge is 2.28. The molecule has 1 N–H and O–H groups in total. The van der Waals surface area contributed by atoms with Crippen LogP contribution in [0.1, 0.15) is 27.3 Å². The Morgan fingerprint density at radius 2 is 2.00 bits per heavy atom. The molecule has 24 heavy (non-hydrogen) atoms. The van der Waals surface area contributed by atoms with E-state index in [-0.39, 0.29) is 18.3 Å². The molecule has 0 atom stereocenters. The van der Waals surface area contributed by atoms with Crippen LogP contribution in [0.5, 0.6) is 5.88 Å². The molecule has 0 saturated carbocycles. The zero-order valence-corrected chi connectivity index (χ0v) is 13.1. The first-order valence-electron chi connectivity index (χ1n) is 7.11. The quantitative estimate of drug-likeness (QED) is 0.910. The number of alkyl halides is 3. The van der Waals surface area contributed by atoms with Gasteiger partial charge in [-0.05, 0) is 31.5 Å². The molecule has 128 valence electrons. The van der Waals surface area contributed by atoms with Gasteiger partial charge in [0.25, 0.3) is 5.91 Å². The average Bonchev–Trinajstić information content (AvgIpc) is 2.51. The number of aryl methyl sites for hydroxylation is 2. The smallest absolute Gasteiger partial charge is 0.422 e. The molecule has 2 heterocycles. The highest BCUT2D eigenvalue weighted by molar-refractivity contribution is 5.94. The molecule has 0 saturated heterocycles. The van der Waals surface area contributed by atoms with Crippen LogP contribution in [0, 0.1) is 13.8 Å². The third-order valence-corrected chi connectivity index (χ3v) is 3.15.